The summed E-state index contributed by atoms with van der Waals surface area (Å²) in [4.78, 5) is 37.6. The van der Waals surface area contributed by atoms with E-state index >= 15 is 0 Å². The van der Waals surface area contributed by atoms with Gasteiger partial charge in [0.2, 0.25) is 0 Å². The monoisotopic (exact) mass is 379 g/mol. The Kier molecular flexibility index (Phi) is 5.54. The van der Waals surface area contributed by atoms with Gasteiger partial charge in [0.05, 0.1) is 23.7 Å². The molecule has 7 heteroatoms. The summed E-state index contributed by atoms with van der Waals surface area (Å²) < 4.78 is 6.08. The maximum Gasteiger partial charge on any atom is 0.339 e. The lowest BCUT2D eigenvalue weighted by Crippen LogP contribution is -2.29. The molecule has 3 rings (SSSR count). The Morgan fingerprint density at radius 2 is 1.71 bits per heavy atom. The summed E-state index contributed by atoms with van der Waals surface area (Å²) >= 11 is 0. The first-order chi connectivity index (χ1) is 13.4. The summed E-state index contributed by atoms with van der Waals surface area (Å²) in [5.74, 6) is -0.883. The number of aromatic nitrogens is 2. The highest BCUT2D eigenvalue weighted by atomic mass is 16.5. The zero-order valence-electron chi connectivity index (χ0n) is 15.9. The molecule has 144 valence electrons. The lowest BCUT2D eigenvalue weighted by Gasteiger charge is -2.13. The number of ether oxygens (including phenoxy) is 1. The van der Waals surface area contributed by atoms with Gasteiger partial charge in [-0.05, 0) is 24.1 Å². The highest BCUT2D eigenvalue weighted by Crippen LogP contribution is 2.19. The van der Waals surface area contributed by atoms with Gasteiger partial charge in [-0.2, -0.15) is 5.10 Å². The molecule has 0 spiro atoms. The van der Waals surface area contributed by atoms with Crippen LogP contribution in [0.1, 0.15) is 34.7 Å². The summed E-state index contributed by atoms with van der Waals surface area (Å²) in [6, 6.07) is 13.4. The van der Waals surface area contributed by atoms with E-state index in [0.717, 1.165) is 0 Å². The first-order valence-electron chi connectivity index (χ1n) is 8.91. The Morgan fingerprint density at radius 1 is 1.07 bits per heavy atom. The summed E-state index contributed by atoms with van der Waals surface area (Å²) in [5.41, 5.74) is 0.427. The van der Waals surface area contributed by atoms with Gasteiger partial charge in [-0.15, -0.1) is 0 Å². The third-order valence-electron chi connectivity index (χ3n) is 4.20. The molecule has 28 heavy (non-hydrogen) atoms. The number of benzene rings is 2. The number of fused-ring (bicyclic) bond motifs is 1. The third kappa shape index (κ3) is 3.78. The second-order valence-corrected chi connectivity index (χ2v) is 6.77. The van der Waals surface area contributed by atoms with E-state index in [1.807, 2.05) is 13.8 Å². The standard InChI is InChI=1S/C21H21N3O4/c1-13(2)12-24-20(26)15-9-5-4-8-14(15)18(23-24)19(25)22-17-11-7-6-10-16(17)21(27)28-3/h4-11,13H,12H2,1-3H3,(H,22,25). The number of carbonyl (C=O) groups is 2. The molecule has 0 fully saturated rings. The smallest absolute Gasteiger partial charge is 0.339 e. The quantitative estimate of drug-likeness (QED) is 0.688. The van der Waals surface area contributed by atoms with Gasteiger partial charge in [0.25, 0.3) is 11.5 Å². The topological polar surface area (TPSA) is 90.3 Å². The Labute approximate surface area is 161 Å². The number of amides is 1. The molecule has 3 aromatic rings. The highest BCUT2D eigenvalue weighted by molar-refractivity contribution is 6.12. The molecule has 1 aromatic heterocycles. The van der Waals surface area contributed by atoms with Crippen LogP contribution in [0.15, 0.2) is 53.3 Å². The van der Waals surface area contributed by atoms with E-state index in [1.165, 1.54) is 11.8 Å². The Balaban J connectivity index is 2.09. The molecule has 0 radical (unpaired) electrons. The molecule has 0 aliphatic rings. The minimum atomic E-state index is -0.557. The van der Waals surface area contributed by atoms with Crippen LogP contribution in [-0.4, -0.2) is 28.8 Å². The van der Waals surface area contributed by atoms with E-state index in [9.17, 15) is 14.4 Å². The molecule has 0 saturated carbocycles. The number of rotatable bonds is 5. The molecule has 1 heterocycles. The molecule has 0 bridgehead atoms. The van der Waals surface area contributed by atoms with E-state index < -0.39 is 11.9 Å². The fourth-order valence-electron chi connectivity index (χ4n) is 2.93. The third-order valence-corrected chi connectivity index (χ3v) is 4.20. The lowest BCUT2D eigenvalue weighted by atomic mass is 10.1. The molecule has 1 N–H and O–H groups in total. The van der Waals surface area contributed by atoms with Crippen molar-refractivity contribution in [2.75, 3.05) is 12.4 Å². The highest BCUT2D eigenvalue weighted by Gasteiger charge is 2.19. The minimum absolute atomic E-state index is 0.121. The summed E-state index contributed by atoms with van der Waals surface area (Å²) in [7, 11) is 1.28. The SMILES string of the molecule is COC(=O)c1ccccc1NC(=O)c1nn(CC(C)C)c(=O)c2ccccc12. The van der Waals surface area contributed by atoms with Crippen LogP contribution < -0.4 is 10.9 Å². The van der Waals surface area contributed by atoms with Crippen molar-refractivity contribution < 1.29 is 14.3 Å². The minimum Gasteiger partial charge on any atom is -0.465 e. The van der Waals surface area contributed by atoms with Gasteiger partial charge in [-0.25, -0.2) is 9.48 Å². The molecule has 0 unspecified atom stereocenters. The Morgan fingerprint density at radius 3 is 2.39 bits per heavy atom. The Bertz CT molecular complexity index is 1100. The van der Waals surface area contributed by atoms with Gasteiger partial charge in [0.1, 0.15) is 0 Å². The van der Waals surface area contributed by atoms with Crippen molar-refractivity contribution in [2.24, 2.45) is 5.92 Å². The van der Waals surface area contributed by atoms with Gasteiger partial charge in [0.15, 0.2) is 5.69 Å². The van der Waals surface area contributed by atoms with Crippen molar-refractivity contribution in [3.8, 4) is 0 Å². The fourth-order valence-corrected chi connectivity index (χ4v) is 2.93. The number of hydrogen-bond acceptors (Lipinski definition) is 5. The molecule has 2 aromatic carbocycles. The van der Waals surface area contributed by atoms with Crippen LogP contribution in [0.25, 0.3) is 10.8 Å². The van der Waals surface area contributed by atoms with Gasteiger partial charge in [0, 0.05) is 11.9 Å². The summed E-state index contributed by atoms with van der Waals surface area (Å²) in [6.07, 6.45) is 0. The molecule has 0 saturated heterocycles. The van der Waals surface area contributed by atoms with Crippen LogP contribution in [-0.2, 0) is 11.3 Å². The average molecular weight is 379 g/mol. The first kappa shape index (κ1) is 19.3. The number of esters is 1. The zero-order valence-corrected chi connectivity index (χ0v) is 15.9. The molecule has 0 atom stereocenters. The second-order valence-electron chi connectivity index (χ2n) is 6.77. The predicted molar refractivity (Wildman–Crippen MR) is 107 cm³/mol. The van der Waals surface area contributed by atoms with E-state index in [2.05, 4.69) is 10.4 Å². The van der Waals surface area contributed by atoms with Crippen LogP contribution in [0.2, 0.25) is 0 Å². The number of carbonyl (C=O) groups excluding carboxylic acids is 2. The van der Waals surface area contributed by atoms with Gasteiger partial charge in [-0.3, -0.25) is 9.59 Å². The fraction of sp³-hybridized carbons (Fsp3) is 0.238. The molecule has 1 amide bonds. The van der Waals surface area contributed by atoms with Gasteiger partial charge < -0.3 is 10.1 Å². The van der Waals surface area contributed by atoms with Crippen molar-refractivity contribution in [2.45, 2.75) is 20.4 Å². The number of anilines is 1. The maximum absolute atomic E-state index is 13.0. The molecule has 0 aliphatic carbocycles. The molecular formula is C21H21N3O4. The van der Waals surface area contributed by atoms with Gasteiger partial charge in [-0.1, -0.05) is 44.2 Å². The van der Waals surface area contributed by atoms with Crippen molar-refractivity contribution in [3.63, 3.8) is 0 Å². The molecule has 0 aliphatic heterocycles. The van der Waals surface area contributed by atoms with Crippen molar-refractivity contribution in [1.29, 1.82) is 0 Å². The largest absolute Gasteiger partial charge is 0.465 e. The second kappa shape index (κ2) is 8.04. The maximum atomic E-state index is 13.0. The Hall–Kier alpha value is -3.48. The molecular weight excluding hydrogens is 358 g/mol. The number of nitrogens with one attached hydrogen (secondary N) is 1. The lowest BCUT2D eigenvalue weighted by molar-refractivity contribution is 0.0602. The summed E-state index contributed by atoms with van der Waals surface area (Å²) in [6.45, 7) is 4.33. The van der Waals surface area contributed by atoms with Crippen LogP contribution in [0.5, 0.6) is 0 Å². The van der Waals surface area contributed by atoms with E-state index in [-0.39, 0.29) is 22.7 Å². The van der Waals surface area contributed by atoms with Gasteiger partial charge >= 0.3 is 5.97 Å². The van der Waals surface area contributed by atoms with E-state index in [4.69, 9.17) is 4.74 Å². The van der Waals surface area contributed by atoms with Crippen LogP contribution in [0.3, 0.4) is 0 Å². The van der Waals surface area contributed by atoms with Crippen LogP contribution >= 0.6 is 0 Å². The van der Waals surface area contributed by atoms with Crippen LogP contribution in [0, 0.1) is 5.92 Å². The first-order valence-corrected chi connectivity index (χ1v) is 8.91. The predicted octanol–water partition coefficient (Wildman–Crippen LogP) is 3.09. The number of para-hydroxylation sites is 1. The van der Waals surface area contributed by atoms with Crippen molar-refractivity contribution >= 4 is 28.3 Å². The normalized spacial score (nSPS) is 10.9. The van der Waals surface area contributed by atoms with Crippen molar-refractivity contribution in [1.82, 2.24) is 9.78 Å². The molecule has 7 nitrogen and oxygen atoms in total. The number of nitrogens with zero attached hydrogens (tertiary/aromatic N) is 2. The average Bonchev–Trinajstić information content (AvgIpc) is 2.69. The number of hydrogen-bond donors (Lipinski definition) is 1. The summed E-state index contributed by atoms with van der Waals surface area (Å²) in [5, 5.41) is 7.90. The van der Waals surface area contributed by atoms with E-state index in [1.54, 1.807) is 48.5 Å². The zero-order chi connectivity index (χ0) is 20.3. The number of methoxy groups -OCH3 is 1. The van der Waals surface area contributed by atoms with Crippen molar-refractivity contribution in [3.05, 3.63) is 70.1 Å². The van der Waals surface area contributed by atoms with Crippen LogP contribution in [0.4, 0.5) is 5.69 Å². The van der Waals surface area contributed by atoms with E-state index in [0.29, 0.717) is 23.0 Å².